The summed E-state index contributed by atoms with van der Waals surface area (Å²) in [4.78, 5) is 8.64. The van der Waals surface area contributed by atoms with E-state index in [4.69, 9.17) is 4.42 Å². The van der Waals surface area contributed by atoms with Gasteiger partial charge in [0.05, 0.1) is 0 Å². The molecule has 2 aromatic heterocycles. The average molecular weight is 190 g/mol. The molecule has 0 N–H and O–H groups in total. The summed E-state index contributed by atoms with van der Waals surface area (Å²) in [6.45, 7) is 4.11. The SMILES string of the molecule is CCCCc1nc2ccc(C)nc2o1. The number of unbranched alkanes of at least 4 members (excludes halogenated alkanes) is 1. The van der Waals surface area contributed by atoms with Gasteiger partial charge in [-0.1, -0.05) is 13.3 Å². The molecule has 74 valence electrons. The van der Waals surface area contributed by atoms with E-state index in [1.54, 1.807) is 0 Å². The third-order valence-corrected chi connectivity index (χ3v) is 2.18. The second-order valence-corrected chi connectivity index (χ2v) is 3.49. The van der Waals surface area contributed by atoms with E-state index >= 15 is 0 Å². The van der Waals surface area contributed by atoms with Gasteiger partial charge in [0.15, 0.2) is 5.89 Å². The number of aryl methyl sites for hydroxylation is 2. The molecule has 0 aliphatic heterocycles. The Hall–Kier alpha value is -1.38. The van der Waals surface area contributed by atoms with Crippen LogP contribution in [0.4, 0.5) is 0 Å². The molecule has 3 nitrogen and oxygen atoms in total. The second kappa shape index (κ2) is 3.78. The number of nitrogens with zero attached hydrogens (tertiary/aromatic N) is 2. The maximum Gasteiger partial charge on any atom is 0.247 e. The van der Waals surface area contributed by atoms with Crippen molar-refractivity contribution in [1.82, 2.24) is 9.97 Å². The lowest BCUT2D eigenvalue weighted by Gasteiger charge is -1.89. The van der Waals surface area contributed by atoms with Crippen LogP contribution >= 0.6 is 0 Å². The van der Waals surface area contributed by atoms with E-state index in [0.717, 1.165) is 36.4 Å². The van der Waals surface area contributed by atoms with E-state index in [-0.39, 0.29) is 0 Å². The molecule has 3 heteroatoms. The minimum atomic E-state index is 0.663. The number of pyridine rings is 1. The molecule has 0 amide bonds. The summed E-state index contributed by atoms with van der Waals surface area (Å²) in [7, 11) is 0. The fourth-order valence-electron chi connectivity index (χ4n) is 1.39. The van der Waals surface area contributed by atoms with Gasteiger partial charge < -0.3 is 4.42 Å². The van der Waals surface area contributed by atoms with Gasteiger partial charge in [0, 0.05) is 12.1 Å². The lowest BCUT2D eigenvalue weighted by molar-refractivity contribution is 0.510. The molecule has 0 bridgehead atoms. The number of oxazole rings is 1. The van der Waals surface area contributed by atoms with Crippen molar-refractivity contribution < 1.29 is 4.42 Å². The van der Waals surface area contributed by atoms with E-state index in [2.05, 4.69) is 16.9 Å². The van der Waals surface area contributed by atoms with Crippen LogP contribution in [-0.4, -0.2) is 9.97 Å². The van der Waals surface area contributed by atoms with Gasteiger partial charge in [0.1, 0.15) is 5.52 Å². The number of rotatable bonds is 3. The van der Waals surface area contributed by atoms with Crippen LogP contribution in [0.15, 0.2) is 16.5 Å². The van der Waals surface area contributed by atoms with Crippen molar-refractivity contribution in [3.05, 3.63) is 23.7 Å². The van der Waals surface area contributed by atoms with Crippen molar-refractivity contribution >= 4 is 11.2 Å². The molecule has 0 aliphatic carbocycles. The summed E-state index contributed by atoms with van der Waals surface area (Å²) < 4.78 is 5.53. The van der Waals surface area contributed by atoms with Gasteiger partial charge in [-0.05, 0) is 25.5 Å². The Morgan fingerprint density at radius 3 is 2.93 bits per heavy atom. The molecule has 0 atom stereocenters. The highest BCUT2D eigenvalue weighted by Gasteiger charge is 2.05. The predicted molar refractivity (Wildman–Crippen MR) is 55.2 cm³/mol. The van der Waals surface area contributed by atoms with Gasteiger partial charge in [-0.3, -0.25) is 0 Å². The molecular formula is C11H14N2O. The molecule has 0 aliphatic rings. The average Bonchev–Trinajstić information content (AvgIpc) is 2.56. The highest BCUT2D eigenvalue weighted by atomic mass is 16.4. The lowest BCUT2D eigenvalue weighted by atomic mass is 10.2. The Labute approximate surface area is 83.2 Å². The molecule has 2 aromatic rings. The summed E-state index contributed by atoms with van der Waals surface area (Å²) in [5, 5.41) is 0. The maximum absolute atomic E-state index is 5.53. The molecule has 0 radical (unpaired) electrons. The molecule has 0 unspecified atom stereocenters. The van der Waals surface area contributed by atoms with Crippen LogP contribution in [-0.2, 0) is 6.42 Å². The van der Waals surface area contributed by atoms with Crippen molar-refractivity contribution in [3.63, 3.8) is 0 Å². The molecule has 0 fully saturated rings. The number of aromatic nitrogens is 2. The van der Waals surface area contributed by atoms with Crippen molar-refractivity contribution in [2.45, 2.75) is 33.1 Å². The predicted octanol–water partition coefficient (Wildman–Crippen LogP) is 2.87. The Morgan fingerprint density at radius 1 is 1.29 bits per heavy atom. The van der Waals surface area contributed by atoms with Crippen molar-refractivity contribution in [1.29, 1.82) is 0 Å². The van der Waals surface area contributed by atoms with E-state index < -0.39 is 0 Å². The standard InChI is InChI=1S/C11H14N2O/c1-3-4-5-10-13-9-7-6-8(2)12-11(9)14-10/h6-7H,3-5H2,1-2H3. The van der Waals surface area contributed by atoms with Crippen LogP contribution < -0.4 is 0 Å². The van der Waals surface area contributed by atoms with E-state index in [1.165, 1.54) is 0 Å². The summed E-state index contributed by atoms with van der Waals surface area (Å²) in [6.07, 6.45) is 3.18. The van der Waals surface area contributed by atoms with Gasteiger partial charge in [0.25, 0.3) is 0 Å². The van der Waals surface area contributed by atoms with E-state index in [0.29, 0.717) is 5.71 Å². The molecule has 0 saturated carbocycles. The van der Waals surface area contributed by atoms with Gasteiger partial charge >= 0.3 is 0 Å². The van der Waals surface area contributed by atoms with Crippen LogP contribution in [0.5, 0.6) is 0 Å². The lowest BCUT2D eigenvalue weighted by Crippen LogP contribution is -1.82. The quantitative estimate of drug-likeness (QED) is 0.747. The van der Waals surface area contributed by atoms with Crippen LogP contribution in [0.2, 0.25) is 0 Å². The number of fused-ring (bicyclic) bond motifs is 1. The first kappa shape index (κ1) is 9.19. The minimum Gasteiger partial charge on any atom is -0.422 e. The smallest absolute Gasteiger partial charge is 0.247 e. The zero-order valence-electron chi connectivity index (χ0n) is 8.58. The molecule has 0 saturated heterocycles. The highest BCUT2D eigenvalue weighted by Crippen LogP contribution is 2.14. The van der Waals surface area contributed by atoms with Crippen molar-refractivity contribution in [2.75, 3.05) is 0 Å². The molecule has 0 spiro atoms. The second-order valence-electron chi connectivity index (χ2n) is 3.49. The fourth-order valence-corrected chi connectivity index (χ4v) is 1.39. The molecule has 2 rings (SSSR count). The Balaban J connectivity index is 2.32. The first-order valence-corrected chi connectivity index (χ1v) is 5.02. The third kappa shape index (κ3) is 1.76. The van der Waals surface area contributed by atoms with Gasteiger partial charge in [0.2, 0.25) is 5.71 Å². The summed E-state index contributed by atoms with van der Waals surface area (Å²) in [5.41, 5.74) is 2.49. The van der Waals surface area contributed by atoms with Crippen LogP contribution in [0, 0.1) is 6.92 Å². The Kier molecular flexibility index (Phi) is 2.48. The number of hydrogen-bond acceptors (Lipinski definition) is 3. The monoisotopic (exact) mass is 190 g/mol. The molecule has 2 heterocycles. The molecular weight excluding hydrogens is 176 g/mol. The first-order valence-electron chi connectivity index (χ1n) is 5.02. The summed E-state index contributed by atoms with van der Waals surface area (Å²) >= 11 is 0. The van der Waals surface area contributed by atoms with E-state index in [9.17, 15) is 0 Å². The largest absolute Gasteiger partial charge is 0.422 e. The van der Waals surface area contributed by atoms with Gasteiger partial charge in [-0.15, -0.1) is 0 Å². The molecule has 0 aromatic carbocycles. The number of hydrogen-bond donors (Lipinski definition) is 0. The van der Waals surface area contributed by atoms with Gasteiger partial charge in [-0.25, -0.2) is 9.97 Å². The summed E-state index contributed by atoms with van der Waals surface area (Å²) in [6, 6.07) is 3.91. The van der Waals surface area contributed by atoms with E-state index in [1.807, 2.05) is 19.1 Å². The minimum absolute atomic E-state index is 0.663. The van der Waals surface area contributed by atoms with Crippen molar-refractivity contribution in [3.8, 4) is 0 Å². The maximum atomic E-state index is 5.53. The zero-order chi connectivity index (χ0) is 9.97. The van der Waals surface area contributed by atoms with Crippen LogP contribution in [0.3, 0.4) is 0 Å². The first-order chi connectivity index (χ1) is 6.79. The Morgan fingerprint density at radius 2 is 2.14 bits per heavy atom. The van der Waals surface area contributed by atoms with Crippen LogP contribution in [0.25, 0.3) is 11.2 Å². The highest BCUT2D eigenvalue weighted by molar-refractivity contribution is 5.67. The normalized spacial score (nSPS) is 11.0. The van der Waals surface area contributed by atoms with Gasteiger partial charge in [-0.2, -0.15) is 0 Å². The topological polar surface area (TPSA) is 38.9 Å². The summed E-state index contributed by atoms with van der Waals surface area (Å²) in [5.74, 6) is 0.806. The zero-order valence-corrected chi connectivity index (χ0v) is 8.58. The van der Waals surface area contributed by atoms with Crippen LogP contribution in [0.1, 0.15) is 31.4 Å². The third-order valence-electron chi connectivity index (χ3n) is 2.18. The van der Waals surface area contributed by atoms with Crippen molar-refractivity contribution in [2.24, 2.45) is 0 Å². The molecule has 14 heavy (non-hydrogen) atoms. The Bertz CT molecular complexity index is 434. The fraction of sp³-hybridized carbons (Fsp3) is 0.455.